The Balaban J connectivity index is 2.91. The van der Waals surface area contributed by atoms with E-state index in [4.69, 9.17) is 15.6 Å². The number of carbonyl (C=O) groups is 2. The minimum Gasteiger partial charge on any atom is -0.481 e. The second-order valence-electron chi connectivity index (χ2n) is 3.45. The number of hydrogen-bond acceptors (Lipinski definition) is 3. The van der Waals surface area contributed by atoms with E-state index in [1.54, 1.807) is 6.92 Å². The molecule has 86 valence electrons. The number of carboxylic acids is 1. The fourth-order valence-corrected chi connectivity index (χ4v) is 1.16. The van der Waals surface area contributed by atoms with E-state index >= 15 is 0 Å². The van der Waals surface area contributed by atoms with Gasteiger partial charge in [0.25, 0.3) is 5.91 Å². The molecular weight excluding hydrogens is 210 g/mol. The molecule has 0 aliphatic carbocycles. The van der Waals surface area contributed by atoms with Gasteiger partial charge in [-0.05, 0) is 37.6 Å². The molecule has 0 aliphatic heterocycles. The highest BCUT2D eigenvalue weighted by Gasteiger charge is 2.12. The number of benzene rings is 1. The normalized spacial score (nSPS) is 11.9. The van der Waals surface area contributed by atoms with E-state index in [2.05, 4.69) is 0 Å². The van der Waals surface area contributed by atoms with Crippen LogP contribution in [-0.4, -0.2) is 23.1 Å². The smallest absolute Gasteiger partial charge is 0.335 e. The summed E-state index contributed by atoms with van der Waals surface area (Å²) < 4.78 is 5.27. The molecule has 0 bridgehead atoms. The van der Waals surface area contributed by atoms with E-state index in [9.17, 15) is 9.59 Å². The van der Waals surface area contributed by atoms with Gasteiger partial charge in [0.1, 0.15) is 5.75 Å². The van der Waals surface area contributed by atoms with Gasteiger partial charge in [0.15, 0.2) is 6.10 Å². The highest BCUT2D eigenvalue weighted by atomic mass is 16.5. The first kappa shape index (κ1) is 12.0. The van der Waals surface area contributed by atoms with Crippen LogP contribution >= 0.6 is 0 Å². The summed E-state index contributed by atoms with van der Waals surface area (Å²) in [6.07, 6.45) is -0.741. The molecule has 1 amide bonds. The van der Waals surface area contributed by atoms with E-state index in [0.29, 0.717) is 11.3 Å². The maximum absolute atomic E-state index is 10.8. The van der Waals surface area contributed by atoms with E-state index in [-0.39, 0.29) is 5.56 Å². The van der Waals surface area contributed by atoms with Crippen LogP contribution in [0.5, 0.6) is 5.75 Å². The lowest BCUT2D eigenvalue weighted by molar-refractivity contribution is -0.123. The number of primary amides is 1. The number of rotatable bonds is 4. The third kappa shape index (κ3) is 2.73. The summed E-state index contributed by atoms with van der Waals surface area (Å²) in [6, 6.07) is 4.40. The molecule has 0 aliphatic rings. The highest BCUT2D eigenvalue weighted by Crippen LogP contribution is 2.20. The van der Waals surface area contributed by atoms with E-state index in [1.165, 1.54) is 25.1 Å². The maximum Gasteiger partial charge on any atom is 0.335 e. The number of aromatic carboxylic acids is 1. The summed E-state index contributed by atoms with van der Waals surface area (Å²) in [5.74, 6) is -1.12. The van der Waals surface area contributed by atoms with Gasteiger partial charge in [0.05, 0.1) is 5.56 Å². The Hall–Kier alpha value is -2.04. The summed E-state index contributed by atoms with van der Waals surface area (Å²) in [5, 5.41) is 8.76. The number of carboxylic acid groups (broad SMARTS) is 1. The predicted molar refractivity (Wildman–Crippen MR) is 57.4 cm³/mol. The number of hydrogen-bond donors (Lipinski definition) is 2. The van der Waals surface area contributed by atoms with Crippen LogP contribution in [-0.2, 0) is 4.79 Å². The molecule has 0 heterocycles. The second-order valence-corrected chi connectivity index (χ2v) is 3.45. The predicted octanol–water partition coefficient (Wildman–Crippen LogP) is 0.946. The van der Waals surface area contributed by atoms with Gasteiger partial charge in [-0.1, -0.05) is 0 Å². The zero-order valence-electron chi connectivity index (χ0n) is 9.06. The van der Waals surface area contributed by atoms with Gasteiger partial charge in [-0.3, -0.25) is 4.79 Å². The zero-order chi connectivity index (χ0) is 12.3. The Bertz CT molecular complexity index is 428. The SMILES string of the molecule is Cc1cc(C(=O)O)ccc1OC(C)C(N)=O. The number of ether oxygens (including phenoxy) is 1. The van der Waals surface area contributed by atoms with Crippen LogP contribution in [0, 0.1) is 6.92 Å². The van der Waals surface area contributed by atoms with Gasteiger partial charge in [-0.2, -0.15) is 0 Å². The van der Waals surface area contributed by atoms with Crippen LogP contribution < -0.4 is 10.5 Å². The summed E-state index contributed by atoms with van der Waals surface area (Å²) in [6.45, 7) is 3.24. The maximum atomic E-state index is 10.8. The van der Waals surface area contributed by atoms with Crippen LogP contribution in [0.3, 0.4) is 0 Å². The van der Waals surface area contributed by atoms with Crippen molar-refractivity contribution in [3.63, 3.8) is 0 Å². The minimum absolute atomic E-state index is 0.177. The standard InChI is InChI=1S/C11H13NO4/c1-6-5-8(11(14)15)3-4-9(6)16-7(2)10(12)13/h3-5,7H,1-2H3,(H2,12,13)(H,14,15). The van der Waals surface area contributed by atoms with Gasteiger partial charge in [-0.25, -0.2) is 4.79 Å². The molecule has 3 N–H and O–H groups in total. The fraction of sp³-hybridized carbons (Fsp3) is 0.273. The minimum atomic E-state index is -1.00. The third-order valence-electron chi connectivity index (χ3n) is 2.13. The second kappa shape index (κ2) is 4.65. The Morgan fingerprint density at radius 1 is 1.44 bits per heavy atom. The number of nitrogens with two attached hydrogens (primary N) is 1. The van der Waals surface area contributed by atoms with Crippen LogP contribution in [0.1, 0.15) is 22.8 Å². The summed E-state index contributed by atoms with van der Waals surface area (Å²) >= 11 is 0. The van der Waals surface area contributed by atoms with Crippen molar-refractivity contribution in [1.29, 1.82) is 0 Å². The summed E-state index contributed by atoms with van der Waals surface area (Å²) in [4.78, 5) is 21.5. The summed E-state index contributed by atoms with van der Waals surface area (Å²) in [5.41, 5.74) is 5.88. The first-order valence-electron chi connectivity index (χ1n) is 4.71. The molecule has 0 saturated heterocycles. The molecule has 1 rings (SSSR count). The molecule has 0 spiro atoms. The number of aryl methyl sites for hydroxylation is 1. The van der Waals surface area contributed by atoms with Crippen molar-refractivity contribution in [2.24, 2.45) is 5.73 Å². The Labute approximate surface area is 92.8 Å². The van der Waals surface area contributed by atoms with Gasteiger partial charge in [0, 0.05) is 0 Å². The topological polar surface area (TPSA) is 89.6 Å². The van der Waals surface area contributed by atoms with Gasteiger partial charge >= 0.3 is 5.97 Å². The van der Waals surface area contributed by atoms with Gasteiger partial charge in [0.2, 0.25) is 0 Å². The Morgan fingerprint density at radius 2 is 2.06 bits per heavy atom. The van der Waals surface area contributed by atoms with E-state index in [0.717, 1.165) is 0 Å². The van der Waals surface area contributed by atoms with Crippen molar-refractivity contribution in [2.75, 3.05) is 0 Å². The molecule has 0 aromatic heterocycles. The van der Waals surface area contributed by atoms with Gasteiger partial charge in [-0.15, -0.1) is 0 Å². The first-order valence-corrected chi connectivity index (χ1v) is 4.71. The number of carbonyl (C=O) groups excluding carboxylic acids is 1. The van der Waals surface area contributed by atoms with Crippen LogP contribution in [0.4, 0.5) is 0 Å². The largest absolute Gasteiger partial charge is 0.481 e. The lowest BCUT2D eigenvalue weighted by Crippen LogP contribution is -2.30. The molecular formula is C11H13NO4. The summed E-state index contributed by atoms with van der Waals surface area (Å²) in [7, 11) is 0. The third-order valence-corrected chi connectivity index (χ3v) is 2.13. The van der Waals surface area contributed by atoms with Crippen molar-refractivity contribution in [3.8, 4) is 5.75 Å². The van der Waals surface area contributed by atoms with Crippen molar-refractivity contribution in [1.82, 2.24) is 0 Å². The van der Waals surface area contributed by atoms with E-state index in [1.807, 2.05) is 0 Å². The zero-order valence-corrected chi connectivity index (χ0v) is 9.06. The molecule has 5 heteroatoms. The quantitative estimate of drug-likeness (QED) is 0.795. The van der Waals surface area contributed by atoms with Crippen molar-refractivity contribution in [2.45, 2.75) is 20.0 Å². The lowest BCUT2D eigenvalue weighted by atomic mass is 10.1. The monoisotopic (exact) mass is 223 g/mol. The molecule has 0 saturated carbocycles. The molecule has 16 heavy (non-hydrogen) atoms. The Kier molecular flexibility index (Phi) is 3.50. The van der Waals surface area contributed by atoms with Crippen LogP contribution in [0.25, 0.3) is 0 Å². The van der Waals surface area contributed by atoms with Crippen LogP contribution in [0.15, 0.2) is 18.2 Å². The fourth-order valence-electron chi connectivity index (χ4n) is 1.16. The average molecular weight is 223 g/mol. The molecule has 0 fully saturated rings. The van der Waals surface area contributed by atoms with Gasteiger partial charge < -0.3 is 15.6 Å². The van der Waals surface area contributed by atoms with E-state index < -0.39 is 18.0 Å². The first-order chi connectivity index (χ1) is 7.41. The lowest BCUT2D eigenvalue weighted by Gasteiger charge is -2.13. The molecule has 1 atom stereocenters. The van der Waals surface area contributed by atoms with Crippen molar-refractivity contribution >= 4 is 11.9 Å². The molecule has 1 unspecified atom stereocenters. The average Bonchev–Trinajstić information content (AvgIpc) is 2.20. The number of amides is 1. The van der Waals surface area contributed by atoms with Crippen molar-refractivity contribution in [3.05, 3.63) is 29.3 Å². The Morgan fingerprint density at radius 3 is 2.50 bits per heavy atom. The van der Waals surface area contributed by atoms with Crippen LogP contribution in [0.2, 0.25) is 0 Å². The van der Waals surface area contributed by atoms with Crippen molar-refractivity contribution < 1.29 is 19.4 Å². The molecule has 5 nitrogen and oxygen atoms in total. The molecule has 1 aromatic carbocycles. The highest BCUT2D eigenvalue weighted by molar-refractivity contribution is 5.88. The molecule has 0 radical (unpaired) electrons. The molecule has 1 aromatic rings.